The fourth-order valence-electron chi connectivity index (χ4n) is 4.80. The number of rotatable bonds is 7. The lowest BCUT2D eigenvalue weighted by atomic mass is 10.1. The van der Waals surface area contributed by atoms with Crippen LogP contribution in [0.3, 0.4) is 0 Å². The van der Waals surface area contributed by atoms with Gasteiger partial charge in [-0.05, 0) is 25.1 Å². The van der Waals surface area contributed by atoms with Crippen molar-refractivity contribution in [3.8, 4) is 22.8 Å². The van der Waals surface area contributed by atoms with Gasteiger partial charge in [-0.15, -0.1) is 0 Å². The number of methoxy groups -OCH3 is 1. The van der Waals surface area contributed by atoms with E-state index in [9.17, 15) is 8.42 Å². The molecule has 2 aromatic heterocycles. The average molecular weight is 612 g/mol. The van der Waals surface area contributed by atoms with Gasteiger partial charge in [0.05, 0.1) is 28.9 Å². The molecule has 1 atom stereocenters. The molecule has 5 rings (SSSR count). The summed E-state index contributed by atoms with van der Waals surface area (Å²) in [6, 6.07) is 5.76. The summed E-state index contributed by atoms with van der Waals surface area (Å²) in [6.07, 6.45) is 3.47. The summed E-state index contributed by atoms with van der Waals surface area (Å²) in [4.78, 5) is 5.47. The smallest absolute Gasteiger partial charge is 0.211 e. The first-order valence-electron chi connectivity index (χ1n) is 12.2. The van der Waals surface area contributed by atoms with Gasteiger partial charge in [0, 0.05) is 61.2 Å². The summed E-state index contributed by atoms with van der Waals surface area (Å²) >= 11 is 12.6. The third-order valence-electron chi connectivity index (χ3n) is 6.76. The first kappa shape index (κ1) is 28.3. The number of nitrogens with zero attached hydrogens (tertiary/aromatic N) is 4. The Morgan fingerprint density at radius 2 is 1.62 bits per heavy atom. The maximum atomic E-state index is 15.3. The van der Waals surface area contributed by atoms with Crippen LogP contribution in [0.1, 0.15) is 18.6 Å². The van der Waals surface area contributed by atoms with E-state index in [1.807, 2.05) is 0 Å². The van der Waals surface area contributed by atoms with E-state index in [1.165, 1.54) is 40.8 Å². The van der Waals surface area contributed by atoms with Gasteiger partial charge in [-0.3, -0.25) is 10.1 Å². The molecular formula is C26H25Cl2F2N5O4S. The first-order chi connectivity index (χ1) is 19.0. The molecule has 1 N–H and O–H groups in total. The molecule has 1 fully saturated rings. The van der Waals surface area contributed by atoms with E-state index in [-0.39, 0.29) is 37.4 Å². The maximum absolute atomic E-state index is 15.3. The van der Waals surface area contributed by atoms with Crippen LogP contribution >= 0.6 is 23.2 Å². The molecule has 2 aromatic carbocycles. The Hall–Kier alpha value is -3.19. The summed E-state index contributed by atoms with van der Waals surface area (Å²) < 4.78 is 67.2. The Balaban J connectivity index is 1.48. The molecule has 0 unspecified atom stereocenters. The Morgan fingerprint density at radius 1 is 1.00 bits per heavy atom. The van der Waals surface area contributed by atoms with Gasteiger partial charge >= 0.3 is 0 Å². The largest absolute Gasteiger partial charge is 0.493 e. The molecule has 0 aliphatic carbocycles. The molecule has 0 radical (unpaired) electrons. The van der Waals surface area contributed by atoms with Gasteiger partial charge in [0.15, 0.2) is 11.5 Å². The predicted octanol–water partition coefficient (Wildman–Crippen LogP) is 5.44. The second-order valence-corrected chi connectivity index (χ2v) is 12.1. The minimum absolute atomic E-state index is 0.141. The molecule has 212 valence electrons. The fourth-order valence-corrected chi connectivity index (χ4v) is 6.30. The van der Waals surface area contributed by atoms with Gasteiger partial charge in [0.2, 0.25) is 10.0 Å². The molecule has 1 aliphatic rings. The van der Waals surface area contributed by atoms with Crippen LogP contribution in [0.4, 0.5) is 14.5 Å². The van der Waals surface area contributed by atoms with Crippen molar-refractivity contribution in [1.82, 2.24) is 19.5 Å². The van der Waals surface area contributed by atoms with Gasteiger partial charge in [0.1, 0.15) is 29.1 Å². The molecule has 0 saturated carbocycles. The zero-order valence-electron chi connectivity index (χ0n) is 21.7. The lowest BCUT2D eigenvalue weighted by Gasteiger charge is -2.35. The number of pyridine rings is 1. The molecule has 3 heterocycles. The molecular weight excluding hydrogens is 587 g/mol. The van der Waals surface area contributed by atoms with E-state index < -0.39 is 27.8 Å². The summed E-state index contributed by atoms with van der Waals surface area (Å²) in [5, 5.41) is 8.40. The molecule has 4 aromatic rings. The Kier molecular flexibility index (Phi) is 7.79. The molecule has 14 heteroatoms. The maximum Gasteiger partial charge on any atom is 0.211 e. The number of hydrogen-bond acceptors (Lipinski definition) is 7. The fraction of sp³-hybridized carbons (Fsp3) is 0.308. The van der Waals surface area contributed by atoms with Crippen molar-refractivity contribution in [1.29, 1.82) is 0 Å². The van der Waals surface area contributed by atoms with Crippen LogP contribution in [-0.2, 0) is 10.0 Å². The van der Waals surface area contributed by atoms with Gasteiger partial charge in [-0.25, -0.2) is 17.2 Å². The first-order valence-corrected chi connectivity index (χ1v) is 14.8. The number of aromatic amines is 1. The lowest BCUT2D eigenvalue weighted by Crippen LogP contribution is -2.48. The summed E-state index contributed by atoms with van der Waals surface area (Å²) in [5.41, 5.74) is 1.42. The third kappa shape index (κ3) is 5.40. The number of anilines is 1. The number of hydrogen-bond donors (Lipinski definition) is 1. The highest BCUT2D eigenvalue weighted by molar-refractivity contribution is 7.88. The average Bonchev–Trinajstić information content (AvgIpc) is 3.30. The van der Waals surface area contributed by atoms with Crippen LogP contribution in [0.5, 0.6) is 11.5 Å². The van der Waals surface area contributed by atoms with Crippen LogP contribution in [0.25, 0.3) is 22.2 Å². The van der Waals surface area contributed by atoms with E-state index in [0.29, 0.717) is 43.7 Å². The van der Waals surface area contributed by atoms with Crippen molar-refractivity contribution in [2.75, 3.05) is 44.4 Å². The normalized spacial score (nSPS) is 15.4. The second kappa shape index (κ2) is 11.0. The van der Waals surface area contributed by atoms with Crippen molar-refractivity contribution in [2.24, 2.45) is 0 Å². The van der Waals surface area contributed by atoms with Gasteiger partial charge in [0.25, 0.3) is 0 Å². The van der Waals surface area contributed by atoms with E-state index in [1.54, 1.807) is 19.1 Å². The van der Waals surface area contributed by atoms with Crippen molar-refractivity contribution in [3.63, 3.8) is 0 Å². The van der Waals surface area contributed by atoms with Crippen LogP contribution in [0, 0.1) is 11.6 Å². The topological polar surface area (TPSA) is 101 Å². The number of aromatic nitrogens is 3. The van der Waals surface area contributed by atoms with E-state index in [4.69, 9.17) is 32.7 Å². The third-order valence-corrected chi connectivity index (χ3v) is 8.67. The van der Waals surface area contributed by atoms with E-state index >= 15 is 8.78 Å². The van der Waals surface area contributed by atoms with Crippen molar-refractivity contribution >= 4 is 49.8 Å². The zero-order valence-corrected chi connectivity index (χ0v) is 24.0. The lowest BCUT2D eigenvalue weighted by molar-refractivity contribution is 0.216. The minimum Gasteiger partial charge on any atom is -0.493 e. The minimum atomic E-state index is -3.37. The zero-order chi connectivity index (χ0) is 28.8. The van der Waals surface area contributed by atoms with Gasteiger partial charge in [-0.1, -0.05) is 23.2 Å². The van der Waals surface area contributed by atoms with E-state index in [0.717, 1.165) is 6.26 Å². The Morgan fingerprint density at radius 3 is 2.20 bits per heavy atom. The summed E-state index contributed by atoms with van der Waals surface area (Å²) in [6.45, 7) is 2.38. The number of nitrogens with one attached hydrogen (secondary N) is 1. The second-order valence-electron chi connectivity index (χ2n) is 9.34. The quantitative estimate of drug-likeness (QED) is 0.297. The van der Waals surface area contributed by atoms with Crippen molar-refractivity contribution < 1.29 is 26.7 Å². The highest BCUT2D eigenvalue weighted by atomic mass is 35.5. The molecule has 0 bridgehead atoms. The van der Waals surface area contributed by atoms with Crippen molar-refractivity contribution in [3.05, 3.63) is 63.9 Å². The van der Waals surface area contributed by atoms with Crippen molar-refractivity contribution in [2.45, 2.75) is 13.0 Å². The van der Waals surface area contributed by atoms with Crippen LogP contribution in [0.15, 0.2) is 36.7 Å². The Labute approximate surface area is 239 Å². The number of halogens is 4. The number of ether oxygens (including phenoxy) is 2. The molecule has 0 amide bonds. The number of piperazine rings is 1. The van der Waals surface area contributed by atoms with Gasteiger partial charge in [-0.2, -0.15) is 9.40 Å². The monoisotopic (exact) mass is 611 g/mol. The molecule has 0 spiro atoms. The highest BCUT2D eigenvalue weighted by Gasteiger charge is 2.28. The molecule has 40 heavy (non-hydrogen) atoms. The van der Waals surface area contributed by atoms with Gasteiger partial charge < -0.3 is 14.4 Å². The highest BCUT2D eigenvalue weighted by Crippen LogP contribution is 2.40. The van der Waals surface area contributed by atoms with E-state index in [2.05, 4.69) is 15.2 Å². The van der Waals surface area contributed by atoms with Crippen LogP contribution < -0.4 is 14.4 Å². The summed E-state index contributed by atoms with van der Waals surface area (Å²) in [7, 11) is -1.89. The molecule has 1 saturated heterocycles. The SMILES string of the molecule is COc1cc2[nH]nc(-c3cc(F)c(N4CCN(S(C)(=O)=O)CC4)c(F)c3)c2cc1O[C@H](C)c1c(Cl)cncc1Cl. The number of sulfonamides is 1. The van der Waals surface area contributed by atoms with Crippen LogP contribution in [-0.4, -0.2) is 67.4 Å². The van der Waals surface area contributed by atoms with Crippen LogP contribution in [0.2, 0.25) is 10.0 Å². The predicted molar refractivity (Wildman–Crippen MR) is 150 cm³/mol. The number of benzene rings is 2. The standard InChI is InChI=1S/C26H25Cl2F2N5O4S/c1-14(24-17(27)12-31-13-18(24)28)39-23-10-16-21(11-22(23)38-2)32-33-25(16)15-8-19(29)26(20(30)9-15)34-4-6-35(7-5-34)40(3,36)37/h8-14H,4-7H2,1-3H3,(H,32,33)/t14-/m1/s1. The number of fused-ring (bicyclic) bond motifs is 1. The Bertz CT molecular complexity index is 1650. The summed E-state index contributed by atoms with van der Waals surface area (Å²) in [5.74, 6) is -0.814. The number of H-pyrrole nitrogens is 1. The molecule has 9 nitrogen and oxygen atoms in total. The molecule has 1 aliphatic heterocycles.